The number of carbonyl (C=O) groups is 1. The molecule has 1 saturated carbocycles. The van der Waals surface area contributed by atoms with Crippen LogP contribution in [0.3, 0.4) is 0 Å². The van der Waals surface area contributed by atoms with Crippen molar-refractivity contribution >= 4 is 23.0 Å². The maximum atomic E-state index is 12.8. The number of alkyl halides is 3. The van der Waals surface area contributed by atoms with Crippen LogP contribution in [-0.4, -0.2) is 49.5 Å². The van der Waals surface area contributed by atoms with Gasteiger partial charge in [-0.2, -0.15) is 13.2 Å². The van der Waals surface area contributed by atoms with Crippen LogP contribution in [0, 0.1) is 5.92 Å². The number of hydrogen-bond acceptors (Lipinski definition) is 5. The normalized spacial score (nSPS) is 23.7. The maximum Gasteiger partial charge on any atom is 0.391 e. The molecule has 1 aliphatic heterocycles. The van der Waals surface area contributed by atoms with Crippen LogP contribution >= 0.6 is 0 Å². The van der Waals surface area contributed by atoms with Crippen molar-refractivity contribution in [3.63, 3.8) is 0 Å². The van der Waals surface area contributed by atoms with Gasteiger partial charge in [-0.15, -0.1) is 0 Å². The first-order valence-electron chi connectivity index (χ1n) is 9.11. The van der Waals surface area contributed by atoms with Crippen molar-refractivity contribution in [2.45, 2.75) is 44.0 Å². The Morgan fingerprint density at radius 2 is 1.85 bits per heavy atom. The Bertz CT molecular complexity index is 697. The zero-order valence-electron chi connectivity index (χ0n) is 15.1. The number of rotatable bonds is 4. The number of β-amino-alcohol motifs (C(OH)–C–C–N with tert-alkyl or cyclic N) is 1. The van der Waals surface area contributed by atoms with Gasteiger partial charge in [0.25, 0.3) is 5.91 Å². The van der Waals surface area contributed by atoms with Crippen molar-refractivity contribution in [1.82, 2.24) is 5.32 Å². The van der Waals surface area contributed by atoms with E-state index in [2.05, 4.69) is 10.6 Å². The lowest BCUT2D eigenvalue weighted by Gasteiger charge is -2.39. The van der Waals surface area contributed by atoms with E-state index in [9.17, 15) is 23.1 Å². The number of carbonyl (C=O) groups excluding carboxylic acids is 1. The molecule has 0 radical (unpaired) electrons. The summed E-state index contributed by atoms with van der Waals surface area (Å²) >= 11 is 0. The SMILES string of the molecule is CNc1cc(N2CC(O)C2)c(C(=O)NC2CCC(C(F)(F)F)CC2)cc1N. The second kappa shape index (κ2) is 7.46. The highest BCUT2D eigenvalue weighted by Gasteiger charge is 2.41. The fourth-order valence-electron chi connectivity index (χ4n) is 3.75. The summed E-state index contributed by atoms with van der Waals surface area (Å²) in [5.74, 6) is -1.63. The number of benzene rings is 1. The summed E-state index contributed by atoms with van der Waals surface area (Å²) in [6.07, 6.45) is -3.94. The first kappa shape index (κ1) is 19.6. The van der Waals surface area contributed by atoms with Crippen LogP contribution in [0.15, 0.2) is 12.1 Å². The zero-order valence-corrected chi connectivity index (χ0v) is 15.1. The Balaban J connectivity index is 1.72. The van der Waals surface area contributed by atoms with E-state index in [1.54, 1.807) is 19.2 Å². The van der Waals surface area contributed by atoms with Crippen molar-refractivity contribution in [3.05, 3.63) is 17.7 Å². The average Bonchev–Trinajstić information content (AvgIpc) is 2.58. The third-order valence-corrected chi connectivity index (χ3v) is 5.41. The maximum absolute atomic E-state index is 12.8. The fraction of sp³-hybridized carbons (Fsp3) is 0.611. The highest BCUT2D eigenvalue weighted by atomic mass is 19.4. The summed E-state index contributed by atoms with van der Waals surface area (Å²) in [6, 6.07) is 3.05. The number of aliphatic hydroxyl groups excluding tert-OH is 1. The summed E-state index contributed by atoms with van der Waals surface area (Å²) in [4.78, 5) is 14.7. The Morgan fingerprint density at radius 3 is 2.37 bits per heavy atom. The summed E-state index contributed by atoms with van der Waals surface area (Å²) in [5.41, 5.74) is 8.10. The quantitative estimate of drug-likeness (QED) is 0.597. The first-order chi connectivity index (χ1) is 12.7. The van der Waals surface area contributed by atoms with Crippen LogP contribution in [0.5, 0.6) is 0 Å². The van der Waals surface area contributed by atoms with Crippen molar-refractivity contribution < 1.29 is 23.1 Å². The molecule has 150 valence electrons. The Labute approximate surface area is 155 Å². The van der Waals surface area contributed by atoms with Gasteiger partial charge >= 0.3 is 6.18 Å². The summed E-state index contributed by atoms with van der Waals surface area (Å²) in [6.45, 7) is 0.841. The van der Waals surface area contributed by atoms with Crippen LogP contribution in [0.2, 0.25) is 0 Å². The molecule has 27 heavy (non-hydrogen) atoms. The molecule has 0 bridgehead atoms. The number of nitrogens with zero attached hydrogens (tertiary/aromatic N) is 1. The molecule has 2 fully saturated rings. The smallest absolute Gasteiger partial charge is 0.391 e. The Kier molecular flexibility index (Phi) is 5.41. The van der Waals surface area contributed by atoms with E-state index in [1.165, 1.54) is 0 Å². The molecule has 1 heterocycles. The van der Waals surface area contributed by atoms with E-state index < -0.39 is 18.2 Å². The number of halogens is 3. The molecule has 9 heteroatoms. The molecule has 1 aromatic rings. The van der Waals surface area contributed by atoms with E-state index in [4.69, 9.17) is 5.73 Å². The number of amides is 1. The molecular weight excluding hydrogens is 361 g/mol. The molecule has 6 nitrogen and oxygen atoms in total. The number of nitrogens with one attached hydrogen (secondary N) is 2. The third kappa shape index (κ3) is 4.23. The lowest BCUT2D eigenvalue weighted by molar-refractivity contribution is -0.182. The van der Waals surface area contributed by atoms with E-state index in [0.29, 0.717) is 48.6 Å². The van der Waals surface area contributed by atoms with Gasteiger partial charge in [0.2, 0.25) is 0 Å². The van der Waals surface area contributed by atoms with Crippen LogP contribution in [0.4, 0.5) is 30.2 Å². The summed E-state index contributed by atoms with van der Waals surface area (Å²) in [7, 11) is 1.72. The Morgan fingerprint density at radius 1 is 1.22 bits per heavy atom. The van der Waals surface area contributed by atoms with Gasteiger partial charge in [0, 0.05) is 26.2 Å². The monoisotopic (exact) mass is 386 g/mol. The molecule has 1 saturated heterocycles. The lowest BCUT2D eigenvalue weighted by Crippen LogP contribution is -2.51. The second-order valence-corrected chi connectivity index (χ2v) is 7.33. The standard InChI is InChI=1S/C18H25F3N4O2/c1-23-15-7-16(25-8-12(26)9-25)13(6-14(15)22)17(27)24-11-4-2-10(3-5-11)18(19,20)21/h6-7,10-12,23,26H,2-5,8-9,22H2,1H3,(H,24,27). The van der Waals surface area contributed by atoms with Gasteiger partial charge in [0.15, 0.2) is 0 Å². The molecule has 1 amide bonds. The zero-order chi connectivity index (χ0) is 19.8. The van der Waals surface area contributed by atoms with E-state index in [-0.39, 0.29) is 24.8 Å². The van der Waals surface area contributed by atoms with Gasteiger partial charge in [-0.25, -0.2) is 0 Å². The number of nitrogens with two attached hydrogens (primary N) is 1. The lowest BCUT2D eigenvalue weighted by atomic mass is 9.85. The van der Waals surface area contributed by atoms with Crippen molar-refractivity contribution in [2.75, 3.05) is 36.1 Å². The van der Waals surface area contributed by atoms with Gasteiger partial charge in [-0.1, -0.05) is 0 Å². The van der Waals surface area contributed by atoms with Crippen LogP contribution in [-0.2, 0) is 0 Å². The summed E-state index contributed by atoms with van der Waals surface area (Å²) in [5, 5.41) is 15.4. The minimum absolute atomic E-state index is 0.0282. The Hall–Kier alpha value is -2.16. The highest BCUT2D eigenvalue weighted by molar-refractivity contribution is 6.02. The molecule has 0 unspecified atom stereocenters. The predicted octanol–water partition coefficient (Wildman–Crippen LogP) is 2.34. The molecule has 5 N–H and O–H groups in total. The molecule has 1 aliphatic carbocycles. The highest BCUT2D eigenvalue weighted by Crippen LogP contribution is 2.38. The molecule has 0 aromatic heterocycles. The topological polar surface area (TPSA) is 90.6 Å². The molecular formula is C18H25F3N4O2. The first-order valence-corrected chi connectivity index (χ1v) is 9.11. The predicted molar refractivity (Wildman–Crippen MR) is 97.9 cm³/mol. The number of aliphatic hydroxyl groups is 1. The number of anilines is 3. The average molecular weight is 386 g/mol. The van der Waals surface area contributed by atoms with Crippen molar-refractivity contribution in [3.8, 4) is 0 Å². The molecule has 2 aliphatic rings. The molecule has 3 rings (SSSR count). The largest absolute Gasteiger partial charge is 0.397 e. The minimum atomic E-state index is -4.17. The van der Waals surface area contributed by atoms with Crippen molar-refractivity contribution in [1.29, 1.82) is 0 Å². The van der Waals surface area contributed by atoms with E-state index in [0.717, 1.165) is 0 Å². The van der Waals surface area contributed by atoms with E-state index >= 15 is 0 Å². The van der Waals surface area contributed by atoms with E-state index in [1.807, 2.05) is 4.90 Å². The summed E-state index contributed by atoms with van der Waals surface area (Å²) < 4.78 is 38.4. The van der Waals surface area contributed by atoms with Crippen molar-refractivity contribution in [2.24, 2.45) is 5.92 Å². The van der Waals surface area contributed by atoms with Crippen LogP contribution < -0.4 is 21.3 Å². The molecule has 0 spiro atoms. The van der Waals surface area contributed by atoms with Crippen LogP contribution in [0.25, 0.3) is 0 Å². The van der Waals surface area contributed by atoms with Crippen LogP contribution in [0.1, 0.15) is 36.0 Å². The molecule has 0 atom stereocenters. The van der Waals surface area contributed by atoms with Gasteiger partial charge in [-0.3, -0.25) is 4.79 Å². The van der Waals surface area contributed by atoms with Gasteiger partial charge in [0.05, 0.1) is 34.6 Å². The number of hydrogen-bond donors (Lipinski definition) is 4. The fourth-order valence-corrected chi connectivity index (χ4v) is 3.75. The van der Waals surface area contributed by atoms with Gasteiger partial charge < -0.3 is 26.4 Å². The minimum Gasteiger partial charge on any atom is -0.397 e. The van der Waals surface area contributed by atoms with Gasteiger partial charge in [0.1, 0.15) is 0 Å². The molecule has 1 aromatic carbocycles. The second-order valence-electron chi connectivity index (χ2n) is 7.33. The number of nitrogen functional groups attached to an aromatic ring is 1. The van der Waals surface area contributed by atoms with Gasteiger partial charge in [-0.05, 0) is 37.8 Å². The third-order valence-electron chi connectivity index (χ3n) is 5.41.